The molecule has 0 aliphatic rings. The summed E-state index contributed by atoms with van der Waals surface area (Å²) in [6.07, 6.45) is 3.32. The zero-order valence-electron chi connectivity index (χ0n) is 9.63. The minimum Gasteiger partial charge on any atom is -0.326 e. The highest BCUT2D eigenvalue weighted by Gasteiger charge is 2.07. The van der Waals surface area contributed by atoms with E-state index in [1.54, 1.807) is 23.0 Å². The number of pyridine rings is 1. The average molecular weight is 240 g/mol. The number of aromatic nitrogens is 3. The molecular formula is C13H12N4O. The molecule has 3 aromatic rings. The lowest BCUT2D eigenvalue weighted by Crippen LogP contribution is -2.14. The molecule has 1 aromatic carbocycles. The van der Waals surface area contributed by atoms with Crippen LogP contribution in [0.5, 0.6) is 0 Å². The van der Waals surface area contributed by atoms with Crippen LogP contribution < -0.4 is 11.4 Å². The summed E-state index contributed by atoms with van der Waals surface area (Å²) in [6, 6.07) is 9.36. The fraction of sp³-hybridized carbons (Fsp3) is 0.0769. The Labute approximate surface area is 103 Å². The Morgan fingerprint density at radius 1 is 1.22 bits per heavy atom. The second kappa shape index (κ2) is 4.12. The lowest BCUT2D eigenvalue weighted by molar-refractivity contribution is 1.00. The van der Waals surface area contributed by atoms with Gasteiger partial charge in [0.1, 0.15) is 0 Å². The fourth-order valence-corrected chi connectivity index (χ4v) is 1.99. The molecule has 0 aliphatic heterocycles. The Morgan fingerprint density at radius 3 is 2.72 bits per heavy atom. The van der Waals surface area contributed by atoms with Crippen molar-refractivity contribution in [1.29, 1.82) is 0 Å². The zero-order valence-corrected chi connectivity index (χ0v) is 9.63. The molecule has 2 aromatic heterocycles. The standard InChI is InChI=1S/C13H12N4O/c14-7-9-1-3-10(4-2-9)17-12-8-15-6-5-11(12)16-13(17)18/h1-6,8H,7,14H2,(H,16,18). The van der Waals surface area contributed by atoms with Gasteiger partial charge in [-0.2, -0.15) is 0 Å². The molecule has 90 valence electrons. The van der Waals surface area contributed by atoms with Gasteiger partial charge in [0.25, 0.3) is 0 Å². The largest absolute Gasteiger partial charge is 0.331 e. The lowest BCUT2D eigenvalue weighted by atomic mass is 10.2. The van der Waals surface area contributed by atoms with E-state index in [0.29, 0.717) is 6.54 Å². The van der Waals surface area contributed by atoms with Gasteiger partial charge in [0.15, 0.2) is 0 Å². The molecule has 5 heteroatoms. The second-order valence-electron chi connectivity index (χ2n) is 4.03. The highest BCUT2D eigenvalue weighted by Crippen LogP contribution is 2.14. The number of nitrogens with one attached hydrogen (secondary N) is 1. The van der Waals surface area contributed by atoms with Crippen LogP contribution in [0.4, 0.5) is 0 Å². The monoisotopic (exact) mass is 240 g/mol. The van der Waals surface area contributed by atoms with Gasteiger partial charge in [-0.15, -0.1) is 0 Å². The van der Waals surface area contributed by atoms with Crippen molar-refractivity contribution in [3.63, 3.8) is 0 Å². The summed E-state index contributed by atoms with van der Waals surface area (Å²) in [5.74, 6) is 0. The molecule has 0 amide bonds. The number of aromatic amines is 1. The maximum absolute atomic E-state index is 11.9. The Morgan fingerprint density at radius 2 is 2.00 bits per heavy atom. The Bertz CT molecular complexity index is 740. The van der Waals surface area contributed by atoms with E-state index < -0.39 is 0 Å². The molecule has 0 atom stereocenters. The Kier molecular flexibility index (Phi) is 2.46. The van der Waals surface area contributed by atoms with E-state index in [-0.39, 0.29) is 5.69 Å². The minimum atomic E-state index is -0.168. The maximum atomic E-state index is 11.9. The van der Waals surface area contributed by atoms with Crippen molar-refractivity contribution >= 4 is 11.0 Å². The van der Waals surface area contributed by atoms with Crippen LogP contribution in [0, 0.1) is 0 Å². The fourth-order valence-electron chi connectivity index (χ4n) is 1.99. The summed E-state index contributed by atoms with van der Waals surface area (Å²) in [5.41, 5.74) is 8.76. The van der Waals surface area contributed by atoms with E-state index in [0.717, 1.165) is 22.3 Å². The number of benzene rings is 1. The van der Waals surface area contributed by atoms with E-state index in [1.807, 2.05) is 24.3 Å². The van der Waals surface area contributed by atoms with Crippen LogP contribution in [-0.4, -0.2) is 14.5 Å². The number of fused-ring (bicyclic) bond motifs is 1. The Balaban J connectivity index is 2.24. The van der Waals surface area contributed by atoms with Crippen LogP contribution >= 0.6 is 0 Å². The molecular weight excluding hydrogens is 228 g/mol. The minimum absolute atomic E-state index is 0.168. The Hall–Kier alpha value is -2.40. The molecule has 0 unspecified atom stereocenters. The third kappa shape index (κ3) is 1.61. The van der Waals surface area contributed by atoms with Crippen molar-refractivity contribution < 1.29 is 0 Å². The summed E-state index contributed by atoms with van der Waals surface area (Å²) in [4.78, 5) is 18.8. The molecule has 18 heavy (non-hydrogen) atoms. The molecule has 0 fully saturated rings. The van der Waals surface area contributed by atoms with Gasteiger partial charge in [-0.3, -0.25) is 9.55 Å². The quantitative estimate of drug-likeness (QED) is 0.706. The van der Waals surface area contributed by atoms with Crippen LogP contribution in [0.1, 0.15) is 5.56 Å². The smallest absolute Gasteiger partial charge is 0.326 e. The molecule has 3 rings (SSSR count). The topological polar surface area (TPSA) is 76.7 Å². The van der Waals surface area contributed by atoms with E-state index in [9.17, 15) is 4.79 Å². The third-order valence-electron chi connectivity index (χ3n) is 2.92. The molecule has 5 nitrogen and oxygen atoms in total. The van der Waals surface area contributed by atoms with Gasteiger partial charge in [-0.05, 0) is 23.8 Å². The van der Waals surface area contributed by atoms with Crippen LogP contribution in [0.3, 0.4) is 0 Å². The predicted octanol–water partition coefficient (Wildman–Crippen LogP) is 1.17. The van der Waals surface area contributed by atoms with Crippen molar-refractivity contribution in [3.8, 4) is 5.69 Å². The molecule has 0 aliphatic carbocycles. The van der Waals surface area contributed by atoms with Gasteiger partial charge >= 0.3 is 5.69 Å². The van der Waals surface area contributed by atoms with Crippen molar-refractivity contribution in [2.24, 2.45) is 5.73 Å². The summed E-state index contributed by atoms with van der Waals surface area (Å²) in [5, 5.41) is 0. The zero-order chi connectivity index (χ0) is 12.5. The highest BCUT2D eigenvalue weighted by atomic mass is 16.1. The summed E-state index contributed by atoms with van der Waals surface area (Å²) < 4.78 is 1.60. The number of imidazole rings is 1. The molecule has 2 heterocycles. The van der Waals surface area contributed by atoms with Crippen molar-refractivity contribution in [3.05, 3.63) is 58.8 Å². The normalized spacial score (nSPS) is 10.9. The summed E-state index contributed by atoms with van der Waals surface area (Å²) in [7, 11) is 0. The number of hydrogen-bond donors (Lipinski definition) is 2. The van der Waals surface area contributed by atoms with Crippen LogP contribution in [0.2, 0.25) is 0 Å². The van der Waals surface area contributed by atoms with E-state index in [1.165, 1.54) is 0 Å². The second-order valence-corrected chi connectivity index (χ2v) is 4.03. The predicted molar refractivity (Wildman–Crippen MR) is 69.6 cm³/mol. The first-order chi connectivity index (χ1) is 8.79. The lowest BCUT2D eigenvalue weighted by Gasteiger charge is -2.04. The average Bonchev–Trinajstić information content (AvgIpc) is 2.75. The molecule has 0 bridgehead atoms. The highest BCUT2D eigenvalue weighted by molar-refractivity contribution is 5.75. The van der Waals surface area contributed by atoms with E-state index in [2.05, 4.69) is 9.97 Å². The molecule has 0 saturated carbocycles. The first-order valence-electron chi connectivity index (χ1n) is 5.64. The third-order valence-corrected chi connectivity index (χ3v) is 2.92. The van der Waals surface area contributed by atoms with Crippen molar-refractivity contribution in [2.45, 2.75) is 6.54 Å². The number of nitrogens with two attached hydrogens (primary N) is 1. The van der Waals surface area contributed by atoms with Crippen LogP contribution in [0.15, 0.2) is 47.5 Å². The molecule has 0 saturated heterocycles. The van der Waals surface area contributed by atoms with Crippen LogP contribution in [-0.2, 0) is 6.54 Å². The number of nitrogens with zero attached hydrogens (tertiary/aromatic N) is 2. The first kappa shape index (κ1) is 10.7. The van der Waals surface area contributed by atoms with Crippen molar-refractivity contribution in [1.82, 2.24) is 14.5 Å². The van der Waals surface area contributed by atoms with Gasteiger partial charge < -0.3 is 10.7 Å². The van der Waals surface area contributed by atoms with Gasteiger partial charge in [-0.1, -0.05) is 12.1 Å². The van der Waals surface area contributed by atoms with Gasteiger partial charge in [-0.25, -0.2) is 4.79 Å². The number of H-pyrrole nitrogens is 1. The van der Waals surface area contributed by atoms with Gasteiger partial charge in [0.05, 0.1) is 22.9 Å². The number of hydrogen-bond acceptors (Lipinski definition) is 3. The number of rotatable bonds is 2. The van der Waals surface area contributed by atoms with Gasteiger partial charge in [0.2, 0.25) is 0 Å². The molecule has 3 N–H and O–H groups in total. The van der Waals surface area contributed by atoms with E-state index >= 15 is 0 Å². The SMILES string of the molecule is NCc1ccc(-n2c(=O)[nH]c3ccncc32)cc1. The molecule has 0 spiro atoms. The summed E-state index contributed by atoms with van der Waals surface area (Å²) in [6.45, 7) is 0.491. The summed E-state index contributed by atoms with van der Waals surface area (Å²) >= 11 is 0. The molecule has 0 radical (unpaired) electrons. The van der Waals surface area contributed by atoms with E-state index in [4.69, 9.17) is 5.73 Å². The van der Waals surface area contributed by atoms with Crippen molar-refractivity contribution in [2.75, 3.05) is 0 Å². The van der Waals surface area contributed by atoms with Crippen LogP contribution in [0.25, 0.3) is 16.7 Å². The maximum Gasteiger partial charge on any atom is 0.331 e. The first-order valence-corrected chi connectivity index (χ1v) is 5.64. The van der Waals surface area contributed by atoms with Gasteiger partial charge in [0, 0.05) is 12.7 Å².